The molecule has 3 N–H and O–H groups in total. The molecule has 5 heteroatoms. The molecule has 1 unspecified atom stereocenters. The molecule has 0 saturated heterocycles. The van der Waals surface area contributed by atoms with Crippen molar-refractivity contribution in [1.29, 1.82) is 0 Å². The van der Waals surface area contributed by atoms with Gasteiger partial charge in [-0.1, -0.05) is 30.3 Å². The molecule has 4 nitrogen and oxygen atoms in total. The Kier molecular flexibility index (Phi) is 4.30. The summed E-state index contributed by atoms with van der Waals surface area (Å²) in [5.74, 6) is 1.59. The first-order chi connectivity index (χ1) is 12.2. The summed E-state index contributed by atoms with van der Waals surface area (Å²) in [5.41, 5.74) is 8.27. The number of guanidine groups is 1. The molecule has 130 valence electrons. The summed E-state index contributed by atoms with van der Waals surface area (Å²) in [6.45, 7) is 0.656. The molecule has 1 saturated carbocycles. The van der Waals surface area contributed by atoms with Crippen LogP contribution in [-0.2, 0) is 0 Å². The van der Waals surface area contributed by atoms with Gasteiger partial charge in [0.05, 0.1) is 12.6 Å². The zero-order chi connectivity index (χ0) is 17.2. The van der Waals surface area contributed by atoms with E-state index in [4.69, 9.17) is 10.5 Å². The van der Waals surface area contributed by atoms with Crippen LogP contribution in [0.3, 0.4) is 0 Å². The summed E-state index contributed by atoms with van der Waals surface area (Å²) in [5, 5.41) is 3.30. The maximum atomic E-state index is 13.3. The number of nitrogens with two attached hydrogens (primary N) is 1. The van der Waals surface area contributed by atoms with Crippen molar-refractivity contribution in [2.75, 3.05) is 6.61 Å². The van der Waals surface area contributed by atoms with Crippen LogP contribution in [0.5, 0.6) is 5.75 Å². The van der Waals surface area contributed by atoms with Gasteiger partial charge in [-0.05, 0) is 42.5 Å². The van der Waals surface area contributed by atoms with Crippen LogP contribution in [-0.4, -0.2) is 18.6 Å². The number of hydrogen-bond donors (Lipinski definition) is 2. The van der Waals surface area contributed by atoms with E-state index in [1.807, 2.05) is 30.3 Å². The fourth-order valence-electron chi connectivity index (χ4n) is 3.64. The Balaban J connectivity index is 1.36. The number of aliphatic imine (C=N–C) groups is 1. The maximum Gasteiger partial charge on any atom is 0.189 e. The number of nitrogens with one attached hydrogen (secondary N) is 1. The average molecular weight is 339 g/mol. The van der Waals surface area contributed by atoms with E-state index < -0.39 is 0 Å². The highest BCUT2D eigenvalue weighted by atomic mass is 19.1. The lowest BCUT2D eigenvalue weighted by Crippen LogP contribution is -2.46. The van der Waals surface area contributed by atoms with Crippen molar-refractivity contribution in [3.63, 3.8) is 0 Å². The molecule has 0 aromatic heterocycles. The third-order valence-electron chi connectivity index (χ3n) is 5.03. The summed E-state index contributed by atoms with van der Waals surface area (Å²) < 4.78 is 19.0. The molecule has 0 spiro atoms. The molecule has 1 aliphatic heterocycles. The Morgan fingerprint density at radius 1 is 1.16 bits per heavy atom. The van der Waals surface area contributed by atoms with Gasteiger partial charge in [-0.3, -0.25) is 0 Å². The Bertz CT molecular complexity index is 786. The summed E-state index contributed by atoms with van der Waals surface area (Å²) in [4.78, 5) is 4.65. The van der Waals surface area contributed by atoms with Gasteiger partial charge in [0.25, 0.3) is 0 Å². The standard InChI is InChI=1S/C20H22FN3O/c21-15-5-3-4-13(10-15)14-11-16(12-14)23-20(22)24-18-8-9-25-19-7-2-1-6-17(18)19/h1-7,10,14,16,18H,8-9,11-12H2,(H3,22,23,24). The Hall–Kier alpha value is -2.56. The van der Waals surface area contributed by atoms with Gasteiger partial charge in [-0.15, -0.1) is 0 Å². The molecule has 1 heterocycles. The predicted molar refractivity (Wildman–Crippen MR) is 96.2 cm³/mol. The highest BCUT2D eigenvalue weighted by Gasteiger charge is 2.31. The van der Waals surface area contributed by atoms with E-state index in [0.29, 0.717) is 24.5 Å². The number of ether oxygens (including phenoxy) is 1. The van der Waals surface area contributed by atoms with E-state index >= 15 is 0 Å². The number of benzene rings is 2. The fraction of sp³-hybridized carbons (Fsp3) is 0.350. The maximum absolute atomic E-state index is 13.3. The van der Waals surface area contributed by atoms with Gasteiger partial charge >= 0.3 is 0 Å². The Morgan fingerprint density at radius 2 is 2.00 bits per heavy atom. The minimum Gasteiger partial charge on any atom is -0.493 e. The van der Waals surface area contributed by atoms with Crippen LogP contribution >= 0.6 is 0 Å². The van der Waals surface area contributed by atoms with Crippen molar-refractivity contribution in [2.45, 2.75) is 37.3 Å². The smallest absolute Gasteiger partial charge is 0.189 e. The predicted octanol–water partition coefficient (Wildman–Crippen LogP) is 3.50. The molecule has 1 atom stereocenters. The van der Waals surface area contributed by atoms with Crippen molar-refractivity contribution in [2.24, 2.45) is 10.7 Å². The van der Waals surface area contributed by atoms with Gasteiger partial charge in [0.15, 0.2) is 5.96 Å². The summed E-state index contributed by atoms with van der Waals surface area (Å²) >= 11 is 0. The first-order valence-corrected chi connectivity index (χ1v) is 8.76. The highest BCUT2D eigenvalue weighted by molar-refractivity contribution is 5.78. The molecular formula is C20H22FN3O. The van der Waals surface area contributed by atoms with Crippen molar-refractivity contribution in [1.82, 2.24) is 5.32 Å². The third-order valence-corrected chi connectivity index (χ3v) is 5.03. The zero-order valence-corrected chi connectivity index (χ0v) is 14.0. The van der Waals surface area contributed by atoms with Crippen molar-refractivity contribution in [3.05, 3.63) is 65.5 Å². The Labute approximate surface area is 146 Å². The van der Waals surface area contributed by atoms with Gasteiger partial charge in [-0.25, -0.2) is 9.38 Å². The fourth-order valence-corrected chi connectivity index (χ4v) is 3.64. The lowest BCUT2D eigenvalue weighted by Gasteiger charge is -2.36. The van der Waals surface area contributed by atoms with Gasteiger partial charge in [0, 0.05) is 18.0 Å². The first-order valence-electron chi connectivity index (χ1n) is 8.76. The second-order valence-corrected chi connectivity index (χ2v) is 6.77. The molecule has 0 radical (unpaired) electrons. The number of nitrogens with zero attached hydrogens (tertiary/aromatic N) is 1. The topological polar surface area (TPSA) is 59.6 Å². The second-order valence-electron chi connectivity index (χ2n) is 6.77. The van der Waals surface area contributed by atoms with Crippen LogP contribution in [0.1, 0.15) is 42.3 Å². The summed E-state index contributed by atoms with van der Waals surface area (Å²) in [7, 11) is 0. The van der Waals surface area contributed by atoms with Crippen molar-refractivity contribution in [3.8, 4) is 5.75 Å². The van der Waals surface area contributed by atoms with E-state index in [1.165, 1.54) is 6.07 Å². The SMILES string of the molecule is NC(=NC1CCOc2ccccc21)NC1CC(c2cccc(F)c2)C1. The molecule has 2 aromatic carbocycles. The molecule has 0 amide bonds. The largest absolute Gasteiger partial charge is 0.493 e. The summed E-state index contributed by atoms with van der Waals surface area (Å²) in [6.07, 6.45) is 2.73. The number of fused-ring (bicyclic) bond motifs is 1. The van der Waals surface area contributed by atoms with E-state index in [2.05, 4.69) is 10.3 Å². The van der Waals surface area contributed by atoms with Gasteiger partial charge in [0.1, 0.15) is 11.6 Å². The summed E-state index contributed by atoms with van der Waals surface area (Å²) in [6, 6.07) is 15.2. The normalized spacial score (nSPS) is 25.5. The van der Waals surface area contributed by atoms with Crippen LogP contribution in [0.4, 0.5) is 4.39 Å². The molecule has 25 heavy (non-hydrogen) atoms. The molecular weight excluding hydrogens is 317 g/mol. The van der Waals surface area contributed by atoms with Crippen LogP contribution < -0.4 is 15.8 Å². The number of hydrogen-bond acceptors (Lipinski definition) is 2. The quantitative estimate of drug-likeness (QED) is 0.665. The van der Waals surface area contributed by atoms with Crippen molar-refractivity contribution < 1.29 is 9.13 Å². The van der Waals surface area contributed by atoms with Crippen LogP contribution in [0.2, 0.25) is 0 Å². The molecule has 1 fully saturated rings. The lowest BCUT2D eigenvalue weighted by atomic mass is 9.76. The van der Waals surface area contributed by atoms with Crippen molar-refractivity contribution >= 4 is 5.96 Å². The number of rotatable bonds is 3. The molecule has 0 bridgehead atoms. The van der Waals surface area contributed by atoms with Gasteiger partial charge in [0.2, 0.25) is 0 Å². The van der Waals surface area contributed by atoms with E-state index in [0.717, 1.165) is 36.1 Å². The lowest BCUT2D eigenvalue weighted by molar-refractivity contribution is 0.269. The monoisotopic (exact) mass is 339 g/mol. The minimum absolute atomic E-state index is 0.0385. The molecule has 2 aromatic rings. The number of para-hydroxylation sites is 1. The Morgan fingerprint density at radius 3 is 2.84 bits per heavy atom. The first kappa shape index (κ1) is 15.9. The van der Waals surface area contributed by atoms with E-state index in [-0.39, 0.29) is 11.9 Å². The number of halogens is 1. The van der Waals surface area contributed by atoms with Gasteiger partial charge < -0.3 is 15.8 Å². The van der Waals surface area contributed by atoms with Gasteiger partial charge in [-0.2, -0.15) is 0 Å². The minimum atomic E-state index is -0.173. The molecule has 4 rings (SSSR count). The molecule has 2 aliphatic rings. The van der Waals surface area contributed by atoms with E-state index in [9.17, 15) is 4.39 Å². The third kappa shape index (κ3) is 3.45. The zero-order valence-electron chi connectivity index (χ0n) is 14.0. The van der Waals surface area contributed by atoms with E-state index in [1.54, 1.807) is 12.1 Å². The highest BCUT2D eigenvalue weighted by Crippen LogP contribution is 2.37. The molecule has 1 aliphatic carbocycles. The average Bonchev–Trinajstić information content (AvgIpc) is 2.58. The van der Waals surface area contributed by atoms with Crippen LogP contribution in [0.25, 0.3) is 0 Å². The second kappa shape index (κ2) is 6.75. The van der Waals surface area contributed by atoms with Crippen LogP contribution in [0.15, 0.2) is 53.5 Å². The van der Waals surface area contributed by atoms with Crippen LogP contribution in [0, 0.1) is 5.82 Å².